The van der Waals surface area contributed by atoms with Gasteiger partial charge < -0.3 is 10.5 Å². The number of para-hydroxylation sites is 1. The van der Waals surface area contributed by atoms with Gasteiger partial charge in [0.2, 0.25) is 0 Å². The second-order valence-corrected chi connectivity index (χ2v) is 4.43. The topological polar surface area (TPSA) is 52.3 Å². The minimum absolute atomic E-state index is 0.0503. The van der Waals surface area contributed by atoms with Crippen molar-refractivity contribution in [2.45, 2.75) is 13.3 Å². The molecule has 0 fully saturated rings. The third-order valence-electron chi connectivity index (χ3n) is 3.22. The smallest absolute Gasteiger partial charge is 0.167 e. The van der Waals surface area contributed by atoms with E-state index in [4.69, 9.17) is 10.5 Å². The summed E-state index contributed by atoms with van der Waals surface area (Å²) in [6.45, 7) is 1.87. The van der Waals surface area contributed by atoms with Gasteiger partial charge in [0, 0.05) is 23.2 Å². The number of hydrogen-bond acceptors (Lipinski definition) is 3. The van der Waals surface area contributed by atoms with Crippen molar-refractivity contribution in [2.24, 2.45) is 0 Å². The van der Waals surface area contributed by atoms with Gasteiger partial charge >= 0.3 is 0 Å². The molecule has 0 unspecified atom stereocenters. The lowest BCUT2D eigenvalue weighted by Gasteiger charge is -2.10. The zero-order valence-corrected chi connectivity index (χ0v) is 11.1. The van der Waals surface area contributed by atoms with Gasteiger partial charge in [-0.15, -0.1) is 0 Å². The van der Waals surface area contributed by atoms with Crippen molar-refractivity contribution in [3.05, 3.63) is 59.2 Å². The van der Waals surface area contributed by atoms with Crippen LogP contribution >= 0.6 is 0 Å². The number of ketones is 1. The Labute approximate surface area is 113 Å². The van der Waals surface area contributed by atoms with Crippen LogP contribution in [0.3, 0.4) is 0 Å². The molecule has 19 heavy (non-hydrogen) atoms. The van der Waals surface area contributed by atoms with E-state index in [-0.39, 0.29) is 5.78 Å². The van der Waals surface area contributed by atoms with Crippen LogP contribution in [-0.4, -0.2) is 12.9 Å². The summed E-state index contributed by atoms with van der Waals surface area (Å²) >= 11 is 0. The highest BCUT2D eigenvalue weighted by Crippen LogP contribution is 2.22. The van der Waals surface area contributed by atoms with E-state index < -0.39 is 0 Å². The maximum absolute atomic E-state index is 12.3. The molecule has 2 aromatic rings. The van der Waals surface area contributed by atoms with E-state index in [2.05, 4.69) is 0 Å². The molecule has 0 aromatic heterocycles. The molecule has 0 aliphatic heterocycles. The van der Waals surface area contributed by atoms with Crippen LogP contribution in [0.25, 0.3) is 0 Å². The summed E-state index contributed by atoms with van der Waals surface area (Å²) in [5.41, 5.74) is 8.87. The molecule has 0 amide bonds. The van der Waals surface area contributed by atoms with Crippen molar-refractivity contribution in [1.82, 2.24) is 0 Å². The molecule has 0 aliphatic carbocycles. The van der Waals surface area contributed by atoms with Crippen LogP contribution in [0.15, 0.2) is 42.5 Å². The molecule has 0 spiro atoms. The normalized spacial score (nSPS) is 10.2. The first-order chi connectivity index (χ1) is 9.13. The lowest BCUT2D eigenvalue weighted by Crippen LogP contribution is -2.08. The highest BCUT2D eigenvalue weighted by Gasteiger charge is 2.13. The van der Waals surface area contributed by atoms with Gasteiger partial charge in [0.05, 0.1) is 7.11 Å². The van der Waals surface area contributed by atoms with E-state index in [1.54, 1.807) is 19.2 Å². The molecule has 0 radical (unpaired) electrons. The Morgan fingerprint density at radius 1 is 1.16 bits per heavy atom. The van der Waals surface area contributed by atoms with Gasteiger partial charge in [-0.3, -0.25) is 4.79 Å². The summed E-state index contributed by atoms with van der Waals surface area (Å²) in [6.07, 6.45) is 0.314. The fraction of sp³-hybridized carbons (Fsp3) is 0.188. The number of methoxy groups -OCH3 is 1. The summed E-state index contributed by atoms with van der Waals surface area (Å²) in [4.78, 5) is 12.3. The number of hydrogen-bond donors (Lipinski definition) is 1. The number of anilines is 1. The maximum atomic E-state index is 12.3. The van der Waals surface area contributed by atoms with Crippen LogP contribution < -0.4 is 10.5 Å². The van der Waals surface area contributed by atoms with Crippen molar-refractivity contribution in [2.75, 3.05) is 12.8 Å². The Bertz CT molecular complexity index is 605. The second kappa shape index (κ2) is 5.57. The molecule has 2 N–H and O–H groups in total. The molecule has 98 valence electrons. The van der Waals surface area contributed by atoms with Gasteiger partial charge in [0.15, 0.2) is 5.78 Å². The first-order valence-electron chi connectivity index (χ1n) is 6.13. The van der Waals surface area contributed by atoms with Crippen LogP contribution in [0, 0.1) is 6.92 Å². The fourth-order valence-corrected chi connectivity index (χ4v) is 2.07. The monoisotopic (exact) mass is 255 g/mol. The molecular formula is C16H17NO2. The molecule has 0 saturated carbocycles. The lowest BCUT2D eigenvalue weighted by molar-refractivity contribution is 0.0991. The van der Waals surface area contributed by atoms with E-state index in [1.165, 1.54) is 0 Å². The number of carbonyl (C=O) groups is 1. The fourth-order valence-electron chi connectivity index (χ4n) is 2.07. The maximum Gasteiger partial charge on any atom is 0.167 e. The van der Waals surface area contributed by atoms with E-state index in [1.807, 2.05) is 37.3 Å². The molecule has 0 bridgehead atoms. The highest BCUT2D eigenvalue weighted by molar-refractivity contribution is 6.00. The molecule has 3 nitrogen and oxygen atoms in total. The predicted molar refractivity (Wildman–Crippen MR) is 76.6 cm³/mol. The van der Waals surface area contributed by atoms with Crippen LogP contribution in [-0.2, 0) is 6.42 Å². The van der Waals surface area contributed by atoms with Crippen LogP contribution in [0.2, 0.25) is 0 Å². The quantitative estimate of drug-likeness (QED) is 0.675. The number of ether oxygens (including phenoxy) is 1. The Kier molecular flexibility index (Phi) is 3.85. The number of carbonyl (C=O) groups excluding carboxylic acids is 1. The largest absolute Gasteiger partial charge is 0.496 e. The number of nitrogen functional groups attached to an aromatic ring is 1. The summed E-state index contributed by atoms with van der Waals surface area (Å²) in [5.74, 6) is 0.784. The van der Waals surface area contributed by atoms with Crippen molar-refractivity contribution in [1.29, 1.82) is 0 Å². The number of nitrogens with two attached hydrogens (primary N) is 1. The third-order valence-corrected chi connectivity index (χ3v) is 3.22. The van der Waals surface area contributed by atoms with Crippen molar-refractivity contribution in [3.8, 4) is 5.75 Å². The Balaban J connectivity index is 2.28. The summed E-state index contributed by atoms with van der Waals surface area (Å²) in [5, 5.41) is 0. The van der Waals surface area contributed by atoms with E-state index in [0.717, 1.165) is 16.9 Å². The first kappa shape index (κ1) is 13.1. The molecule has 0 saturated heterocycles. The number of rotatable bonds is 4. The second-order valence-electron chi connectivity index (χ2n) is 4.43. The number of Topliss-reactive ketones (excluding diaryl/α,β-unsaturated/α-hetero) is 1. The Morgan fingerprint density at radius 3 is 2.63 bits per heavy atom. The standard InChI is InChI=1S/C16H17NO2/c1-11-13(7-5-8-14(11)17)15(18)10-12-6-3-4-9-16(12)19-2/h3-9H,10,17H2,1-2H3. The van der Waals surface area contributed by atoms with Gasteiger partial charge in [-0.25, -0.2) is 0 Å². The third kappa shape index (κ3) is 2.76. The molecule has 0 aliphatic rings. The van der Waals surface area contributed by atoms with Crippen LogP contribution in [0.5, 0.6) is 5.75 Å². The molecular weight excluding hydrogens is 238 g/mol. The average molecular weight is 255 g/mol. The van der Waals surface area contributed by atoms with Crippen LogP contribution in [0.4, 0.5) is 5.69 Å². The van der Waals surface area contributed by atoms with Gasteiger partial charge in [-0.05, 0) is 24.6 Å². The van der Waals surface area contributed by atoms with Crippen LogP contribution in [0.1, 0.15) is 21.5 Å². The number of benzene rings is 2. The molecule has 0 heterocycles. The van der Waals surface area contributed by atoms with Crippen molar-refractivity contribution >= 4 is 11.5 Å². The minimum atomic E-state index is 0.0503. The van der Waals surface area contributed by atoms with Crippen molar-refractivity contribution in [3.63, 3.8) is 0 Å². The molecule has 2 aromatic carbocycles. The van der Waals surface area contributed by atoms with E-state index in [9.17, 15) is 4.79 Å². The average Bonchev–Trinajstić information content (AvgIpc) is 2.42. The van der Waals surface area contributed by atoms with Crippen molar-refractivity contribution < 1.29 is 9.53 Å². The Hall–Kier alpha value is -2.29. The lowest BCUT2D eigenvalue weighted by atomic mass is 9.98. The summed E-state index contributed by atoms with van der Waals surface area (Å²) in [6, 6.07) is 13.0. The highest BCUT2D eigenvalue weighted by atomic mass is 16.5. The summed E-state index contributed by atoms with van der Waals surface area (Å²) < 4.78 is 5.26. The van der Waals surface area contributed by atoms with E-state index in [0.29, 0.717) is 17.7 Å². The molecule has 0 atom stereocenters. The van der Waals surface area contributed by atoms with Gasteiger partial charge in [0.1, 0.15) is 5.75 Å². The molecule has 2 rings (SSSR count). The van der Waals surface area contributed by atoms with Gasteiger partial charge in [-0.1, -0.05) is 30.3 Å². The SMILES string of the molecule is COc1ccccc1CC(=O)c1cccc(N)c1C. The zero-order chi connectivity index (χ0) is 13.8. The predicted octanol–water partition coefficient (Wildman–Crippen LogP) is 3.01. The van der Waals surface area contributed by atoms with Gasteiger partial charge in [0.25, 0.3) is 0 Å². The van der Waals surface area contributed by atoms with E-state index >= 15 is 0 Å². The first-order valence-corrected chi connectivity index (χ1v) is 6.13. The molecule has 3 heteroatoms. The summed E-state index contributed by atoms with van der Waals surface area (Å²) in [7, 11) is 1.61. The zero-order valence-electron chi connectivity index (χ0n) is 11.1. The Morgan fingerprint density at radius 2 is 1.89 bits per heavy atom. The van der Waals surface area contributed by atoms with Gasteiger partial charge in [-0.2, -0.15) is 0 Å². The minimum Gasteiger partial charge on any atom is -0.496 e.